The minimum absolute atomic E-state index is 0.395. The molecule has 1 aliphatic rings. The summed E-state index contributed by atoms with van der Waals surface area (Å²) < 4.78 is 2.16. The predicted molar refractivity (Wildman–Crippen MR) is 111 cm³/mol. The zero-order chi connectivity index (χ0) is 19.4. The molecule has 0 saturated carbocycles. The summed E-state index contributed by atoms with van der Waals surface area (Å²) in [6, 6.07) is 7.26. The van der Waals surface area contributed by atoms with Crippen molar-refractivity contribution >= 4 is 0 Å². The zero-order valence-electron chi connectivity index (χ0n) is 17.6. The van der Waals surface area contributed by atoms with Gasteiger partial charge in [-0.05, 0) is 65.8 Å². The second kappa shape index (κ2) is 8.98. The van der Waals surface area contributed by atoms with Gasteiger partial charge in [0.15, 0.2) is 0 Å². The molecule has 1 unspecified atom stereocenters. The Morgan fingerprint density at radius 1 is 1.22 bits per heavy atom. The van der Waals surface area contributed by atoms with Crippen molar-refractivity contribution in [2.24, 2.45) is 0 Å². The Morgan fingerprint density at radius 3 is 2.67 bits per heavy atom. The molecule has 5 nitrogen and oxygen atoms in total. The van der Waals surface area contributed by atoms with Crippen LogP contribution in [0.15, 0.2) is 24.4 Å². The number of likely N-dealkylation sites (tertiary alicyclic amines) is 1. The SMILES string of the molecule is CCN1CCCC1CN(Cc1ccccn1)Cc1c(C)nn(C(C)C)c1C. The van der Waals surface area contributed by atoms with Gasteiger partial charge < -0.3 is 0 Å². The summed E-state index contributed by atoms with van der Waals surface area (Å²) in [5.41, 5.74) is 4.98. The molecule has 27 heavy (non-hydrogen) atoms. The first-order chi connectivity index (χ1) is 13.0. The highest BCUT2D eigenvalue weighted by molar-refractivity contribution is 5.25. The standard InChI is InChI=1S/C22H35N5/c1-6-26-13-9-11-21(26)15-25(14-20-10-7-8-12-23-20)16-22-18(4)24-27(17(2)3)19(22)5/h7-8,10,12,17,21H,6,9,11,13-16H2,1-5H3. The molecule has 1 fully saturated rings. The Hall–Kier alpha value is -1.72. The summed E-state index contributed by atoms with van der Waals surface area (Å²) in [6.07, 6.45) is 4.52. The molecule has 2 aromatic rings. The lowest BCUT2D eigenvalue weighted by Crippen LogP contribution is -2.40. The molecule has 0 bridgehead atoms. The van der Waals surface area contributed by atoms with Crippen LogP contribution in [0.2, 0.25) is 0 Å². The van der Waals surface area contributed by atoms with Crippen molar-refractivity contribution in [1.29, 1.82) is 0 Å². The maximum atomic E-state index is 4.80. The van der Waals surface area contributed by atoms with Gasteiger partial charge in [0.1, 0.15) is 0 Å². The number of hydrogen-bond acceptors (Lipinski definition) is 4. The predicted octanol–water partition coefficient (Wildman–Crippen LogP) is 3.96. The molecule has 0 aromatic carbocycles. The summed E-state index contributed by atoms with van der Waals surface area (Å²) in [4.78, 5) is 9.78. The first kappa shape index (κ1) is 20.0. The van der Waals surface area contributed by atoms with Crippen molar-refractivity contribution < 1.29 is 0 Å². The van der Waals surface area contributed by atoms with E-state index >= 15 is 0 Å². The van der Waals surface area contributed by atoms with Gasteiger partial charge in [-0.2, -0.15) is 5.10 Å². The van der Waals surface area contributed by atoms with E-state index in [1.807, 2.05) is 12.3 Å². The molecule has 0 amide bonds. The van der Waals surface area contributed by atoms with Gasteiger partial charge in [0, 0.05) is 49.2 Å². The van der Waals surface area contributed by atoms with E-state index in [2.05, 4.69) is 66.2 Å². The van der Waals surface area contributed by atoms with E-state index in [4.69, 9.17) is 5.10 Å². The highest BCUT2D eigenvalue weighted by atomic mass is 15.3. The van der Waals surface area contributed by atoms with Gasteiger partial charge in [-0.3, -0.25) is 19.5 Å². The maximum absolute atomic E-state index is 4.80. The fourth-order valence-electron chi connectivity index (χ4n) is 4.37. The number of hydrogen-bond donors (Lipinski definition) is 0. The van der Waals surface area contributed by atoms with E-state index < -0.39 is 0 Å². The highest BCUT2D eigenvalue weighted by Gasteiger charge is 2.26. The molecule has 0 N–H and O–H groups in total. The smallest absolute Gasteiger partial charge is 0.0641 e. The second-order valence-corrected chi connectivity index (χ2v) is 8.10. The number of pyridine rings is 1. The quantitative estimate of drug-likeness (QED) is 0.706. The third-order valence-corrected chi connectivity index (χ3v) is 5.83. The lowest BCUT2D eigenvalue weighted by atomic mass is 10.1. The minimum atomic E-state index is 0.395. The van der Waals surface area contributed by atoms with E-state index in [1.165, 1.54) is 30.6 Å². The van der Waals surface area contributed by atoms with E-state index in [1.54, 1.807) is 0 Å². The largest absolute Gasteiger partial charge is 0.299 e. The van der Waals surface area contributed by atoms with Crippen molar-refractivity contribution in [2.75, 3.05) is 19.6 Å². The Kier molecular flexibility index (Phi) is 6.66. The first-order valence-corrected chi connectivity index (χ1v) is 10.4. The van der Waals surface area contributed by atoms with Crippen molar-refractivity contribution in [1.82, 2.24) is 24.6 Å². The highest BCUT2D eigenvalue weighted by Crippen LogP contribution is 2.23. The summed E-state index contributed by atoms with van der Waals surface area (Å²) >= 11 is 0. The third-order valence-electron chi connectivity index (χ3n) is 5.83. The molecule has 0 aliphatic carbocycles. The van der Waals surface area contributed by atoms with Gasteiger partial charge in [-0.25, -0.2) is 0 Å². The van der Waals surface area contributed by atoms with Crippen LogP contribution in [-0.4, -0.2) is 50.2 Å². The van der Waals surface area contributed by atoms with Crippen LogP contribution < -0.4 is 0 Å². The van der Waals surface area contributed by atoms with Crippen LogP contribution in [0.4, 0.5) is 0 Å². The number of aromatic nitrogens is 3. The van der Waals surface area contributed by atoms with Crippen LogP contribution in [0.3, 0.4) is 0 Å². The molecular weight excluding hydrogens is 334 g/mol. The maximum Gasteiger partial charge on any atom is 0.0641 e. The number of aryl methyl sites for hydroxylation is 1. The van der Waals surface area contributed by atoms with Gasteiger partial charge in [0.2, 0.25) is 0 Å². The van der Waals surface area contributed by atoms with E-state index in [0.717, 1.165) is 37.6 Å². The van der Waals surface area contributed by atoms with Crippen molar-refractivity contribution in [2.45, 2.75) is 72.6 Å². The van der Waals surface area contributed by atoms with Crippen LogP contribution in [-0.2, 0) is 13.1 Å². The Morgan fingerprint density at radius 2 is 2.04 bits per heavy atom. The topological polar surface area (TPSA) is 37.2 Å². The van der Waals surface area contributed by atoms with Crippen LogP contribution >= 0.6 is 0 Å². The van der Waals surface area contributed by atoms with Crippen LogP contribution in [0.1, 0.15) is 62.3 Å². The first-order valence-electron chi connectivity index (χ1n) is 10.4. The summed E-state index contributed by atoms with van der Waals surface area (Å²) in [7, 11) is 0. The fourth-order valence-corrected chi connectivity index (χ4v) is 4.37. The van der Waals surface area contributed by atoms with Gasteiger partial charge in [-0.1, -0.05) is 13.0 Å². The molecule has 3 heterocycles. The number of nitrogens with zero attached hydrogens (tertiary/aromatic N) is 5. The normalized spacial score (nSPS) is 18.1. The van der Waals surface area contributed by atoms with Gasteiger partial charge in [-0.15, -0.1) is 0 Å². The Bertz CT molecular complexity index is 722. The molecule has 1 atom stereocenters. The minimum Gasteiger partial charge on any atom is -0.299 e. The molecule has 2 aromatic heterocycles. The summed E-state index contributed by atoms with van der Waals surface area (Å²) in [5, 5.41) is 4.80. The summed E-state index contributed by atoms with van der Waals surface area (Å²) in [5.74, 6) is 0. The van der Waals surface area contributed by atoms with Crippen molar-refractivity contribution in [3.05, 3.63) is 47.0 Å². The second-order valence-electron chi connectivity index (χ2n) is 8.10. The fraction of sp³-hybridized carbons (Fsp3) is 0.636. The van der Waals surface area contributed by atoms with Gasteiger partial charge >= 0.3 is 0 Å². The van der Waals surface area contributed by atoms with Gasteiger partial charge in [0.25, 0.3) is 0 Å². The molecule has 0 radical (unpaired) electrons. The van der Waals surface area contributed by atoms with Gasteiger partial charge in [0.05, 0.1) is 11.4 Å². The molecular formula is C22H35N5. The molecule has 1 aliphatic heterocycles. The van der Waals surface area contributed by atoms with Crippen LogP contribution in [0.5, 0.6) is 0 Å². The Labute approximate surface area is 164 Å². The molecule has 3 rings (SSSR count). The van der Waals surface area contributed by atoms with E-state index in [-0.39, 0.29) is 0 Å². The van der Waals surface area contributed by atoms with E-state index in [0.29, 0.717) is 12.1 Å². The average Bonchev–Trinajstić information content (AvgIpc) is 3.21. The number of rotatable bonds is 8. The monoisotopic (exact) mass is 369 g/mol. The van der Waals surface area contributed by atoms with Crippen LogP contribution in [0, 0.1) is 13.8 Å². The molecule has 5 heteroatoms. The lowest BCUT2D eigenvalue weighted by Gasteiger charge is -2.30. The molecule has 1 saturated heterocycles. The Balaban J connectivity index is 1.81. The zero-order valence-corrected chi connectivity index (χ0v) is 17.6. The number of likely N-dealkylation sites (N-methyl/N-ethyl adjacent to an activating group) is 1. The average molecular weight is 370 g/mol. The lowest BCUT2D eigenvalue weighted by molar-refractivity contribution is 0.164. The molecule has 148 valence electrons. The van der Waals surface area contributed by atoms with Crippen molar-refractivity contribution in [3.8, 4) is 0 Å². The van der Waals surface area contributed by atoms with E-state index in [9.17, 15) is 0 Å². The molecule has 0 spiro atoms. The van der Waals surface area contributed by atoms with Crippen LogP contribution in [0.25, 0.3) is 0 Å². The van der Waals surface area contributed by atoms with Crippen molar-refractivity contribution in [3.63, 3.8) is 0 Å². The third kappa shape index (κ3) is 4.77. The summed E-state index contributed by atoms with van der Waals surface area (Å²) in [6.45, 7) is 16.3.